The van der Waals surface area contributed by atoms with Gasteiger partial charge in [-0.15, -0.1) is 0 Å². The van der Waals surface area contributed by atoms with Gasteiger partial charge in [-0.3, -0.25) is 4.68 Å². The summed E-state index contributed by atoms with van der Waals surface area (Å²) in [6.45, 7) is 3.02. The Morgan fingerprint density at radius 2 is 2.36 bits per heavy atom. The van der Waals surface area contributed by atoms with Gasteiger partial charge in [0.05, 0.1) is 17.9 Å². The zero-order valence-electron chi connectivity index (χ0n) is 7.64. The van der Waals surface area contributed by atoms with Gasteiger partial charge in [0.15, 0.2) is 5.15 Å². The van der Waals surface area contributed by atoms with Crippen molar-refractivity contribution >= 4 is 23.3 Å². The van der Waals surface area contributed by atoms with Crippen molar-refractivity contribution in [1.29, 1.82) is 0 Å². The molecule has 0 radical (unpaired) electrons. The number of hydrogen-bond acceptors (Lipinski definition) is 4. The molecule has 4 nitrogen and oxygen atoms in total. The molecular weight excluding hydrogens is 220 g/mol. The van der Waals surface area contributed by atoms with Crippen LogP contribution in [0.15, 0.2) is 12.4 Å². The molecule has 0 saturated carbocycles. The summed E-state index contributed by atoms with van der Waals surface area (Å²) in [6.07, 6.45) is 4.76. The Bertz CT molecular complexity index is 422. The summed E-state index contributed by atoms with van der Waals surface area (Å²) in [7, 11) is 0. The van der Waals surface area contributed by atoms with Crippen molar-refractivity contribution in [1.82, 2.24) is 18.5 Å². The van der Waals surface area contributed by atoms with Crippen LogP contribution >= 0.6 is 23.3 Å². The third kappa shape index (κ3) is 1.78. The Morgan fingerprint density at radius 1 is 1.50 bits per heavy atom. The highest BCUT2D eigenvalue weighted by Crippen LogP contribution is 2.24. The highest BCUT2D eigenvalue weighted by Gasteiger charge is 2.09. The Labute approximate surface area is 90.9 Å². The molecule has 0 bridgehead atoms. The minimum Gasteiger partial charge on any atom is -0.272 e. The maximum atomic E-state index is 5.86. The predicted molar refractivity (Wildman–Crippen MR) is 56.4 cm³/mol. The molecule has 74 valence electrons. The molecule has 0 atom stereocenters. The molecule has 0 amide bonds. The Hall–Kier alpha value is -0.940. The van der Waals surface area contributed by atoms with Crippen LogP contribution in [-0.4, -0.2) is 18.5 Å². The number of halogens is 1. The quantitative estimate of drug-likeness (QED) is 0.811. The largest absolute Gasteiger partial charge is 0.272 e. The number of aryl methyl sites for hydroxylation is 1. The number of aromatic nitrogens is 4. The van der Waals surface area contributed by atoms with Gasteiger partial charge in [0.2, 0.25) is 0 Å². The first-order valence-corrected chi connectivity index (χ1v) is 5.43. The van der Waals surface area contributed by atoms with E-state index in [9.17, 15) is 0 Å². The molecule has 0 fully saturated rings. The maximum absolute atomic E-state index is 5.86. The fourth-order valence-electron chi connectivity index (χ4n) is 1.19. The molecule has 2 aromatic rings. The van der Waals surface area contributed by atoms with Gasteiger partial charge in [0.25, 0.3) is 0 Å². The van der Waals surface area contributed by atoms with Gasteiger partial charge < -0.3 is 0 Å². The lowest BCUT2D eigenvalue weighted by Crippen LogP contribution is -1.95. The van der Waals surface area contributed by atoms with Crippen LogP contribution in [0.1, 0.15) is 13.3 Å². The van der Waals surface area contributed by atoms with Crippen LogP contribution in [0.4, 0.5) is 0 Å². The lowest BCUT2D eigenvalue weighted by molar-refractivity contribution is 0.603. The first kappa shape index (κ1) is 9.61. The molecule has 0 spiro atoms. The molecule has 0 aliphatic carbocycles. The van der Waals surface area contributed by atoms with Gasteiger partial charge >= 0.3 is 0 Å². The van der Waals surface area contributed by atoms with Crippen molar-refractivity contribution in [2.24, 2.45) is 0 Å². The SMILES string of the molecule is CCCn1cc(-c2nsnc2Cl)cn1. The summed E-state index contributed by atoms with van der Waals surface area (Å²) in [5.41, 5.74) is 1.65. The molecule has 0 aromatic carbocycles. The second kappa shape index (κ2) is 4.06. The summed E-state index contributed by atoms with van der Waals surface area (Å²) in [5.74, 6) is 0. The Balaban J connectivity index is 2.29. The average Bonchev–Trinajstić information content (AvgIpc) is 2.74. The van der Waals surface area contributed by atoms with E-state index in [1.54, 1.807) is 6.20 Å². The normalized spacial score (nSPS) is 10.7. The molecule has 0 saturated heterocycles. The van der Waals surface area contributed by atoms with E-state index in [-0.39, 0.29) is 0 Å². The van der Waals surface area contributed by atoms with Crippen molar-refractivity contribution in [2.45, 2.75) is 19.9 Å². The lowest BCUT2D eigenvalue weighted by Gasteiger charge is -1.94. The fraction of sp³-hybridized carbons (Fsp3) is 0.375. The van der Waals surface area contributed by atoms with Crippen molar-refractivity contribution in [3.63, 3.8) is 0 Å². The Morgan fingerprint density at radius 3 is 3.00 bits per heavy atom. The van der Waals surface area contributed by atoms with Crippen molar-refractivity contribution < 1.29 is 0 Å². The van der Waals surface area contributed by atoms with Crippen LogP contribution in [0.5, 0.6) is 0 Å². The number of nitrogens with zero attached hydrogens (tertiary/aromatic N) is 4. The molecule has 0 unspecified atom stereocenters. The van der Waals surface area contributed by atoms with E-state index in [1.807, 2.05) is 10.9 Å². The number of hydrogen-bond donors (Lipinski definition) is 0. The third-order valence-electron chi connectivity index (χ3n) is 1.81. The molecular formula is C8H9ClN4S. The highest BCUT2D eigenvalue weighted by molar-refractivity contribution is 6.99. The van der Waals surface area contributed by atoms with Gasteiger partial charge in [-0.1, -0.05) is 18.5 Å². The van der Waals surface area contributed by atoms with Crippen LogP contribution in [0.2, 0.25) is 5.15 Å². The van der Waals surface area contributed by atoms with Crippen molar-refractivity contribution in [3.8, 4) is 11.3 Å². The average molecular weight is 229 g/mol. The topological polar surface area (TPSA) is 43.6 Å². The summed E-state index contributed by atoms with van der Waals surface area (Å²) >= 11 is 6.98. The lowest BCUT2D eigenvalue weighted by atomic mass is 10.3. The maximum Gasteiger partial charge on any atom is 0.170 e. The van der Waals surface area contributed by atoms with E-state index in [1.165, 1.54) is 0 Å². The van der Waals surface area contributed by atoms with Crippen molar-refractivity contribution in [2.75, 3.05) is 0 Å². The van der Waals surface area contributed by atoms with Gasteiger partial charge in [0.1, 0.15) is 5.69 Å². The molecule has 14 heavy (non-hydrogen) atoms. The molecule has 6 heteroatoms. The third-order valence-corrected chi connectivity index (χ3v) is 2.70. The summed E-state index contributed by atoms with van der Waals surface area (Å²) < 4.78 is 9.89. The van der Waals surface area contributed by atoms with Gasteiger partial charge in [0, 0.05) is 18.3 Å². The molecule has 2 rings (SSSR count). The smallest absolute Gasteiger partial charge is 0.170 e. The molecule has 2 aromatic heterocycles. The van der Waals surface area contributed by atoms with Crippen molar-refractivity contribution in [3.05, 3.63) is 17.5 Å². The first-order chi connectivity index (χ1) is 6.81. The number of rotatable bonds is 3. The van der Waals surface area contributed by atoms with Crippen LogP contribution < -0.4 is 0 Å². The van der Waals surface area contributed by atoms with E-state index in [0.29, 0.717) is 5.15 Å². The molecule has 0 aliphatic heterocycles. The van der Waals surface area contributed by atoms with Gasteiger partial charge in [-0.05, 0) is 6.42 Å². The summed E-state index contributed by atoms with van der Waals surface area (Å²) in [4.78, 5) is 0. The highest BCUT2D eigenvalue weighted by atomic mass is 35.5. The fourth-order valence-corrected chi connectivity index (χ4v) is 1.95. The van der Waals surface area contributed by atoms with E-state index in [2.05, 4.69) is 20.8 Å². The first-order valence-electron chi connectivity index (χ1n) is 4.32. The zero-order chi connectivity index (χ0) is 9.97. The van der Waals surface area contributed by atoms with E-state index >= 15 is 0 Å². The van der Waals surface area contributed by atoms with Gasteiger partial charge in [-0.25, -0.2) is 0 Å². The Kier molecular flexibility index (Phi) is 2.79. The minimum absolute atomic E-state index is 0.450. The summed E-state index contributed by atoms with van der Waals surface area (Å²) in [6, 6.07) is 0. The zero-order valence-corrected chi connectivity index (χ0v) is 9.22. The standard InChI is InChI=1S/C8H9ClN4S/c1-2-3-13-5-6(4-10-13)7-8(9)12-14-11-7/h4-5H,2-3H2,1H3. The predicted octanol–water partition coefficient (Wildman–Crippen LogP) is 2.47. The van der Waals surface area contributed by atoms with E-state index in [4.69, 9.17) is 11.6 Å². The monoisotopic (exact) mass is 228 g/mol. The molecule has 0 N–H and O–H groups in total. The molecule has 0 aliphatic rings. The van der Waals surface area contributed by atoms with Gasteiger partial charge in [-0.2, -0.15) is 13.8 Å². The van der Waals surface area contributed by atoms with Crippen LogP contribution in [-0.2, 0) is 6.54 Å². The van der Waals surface area contributed by atoms with Crippen LogP contribution in [0.25, 0.3) is 11.3 Å². The molecule has 2 heterocycles. The van der Waals surface area contributed by atoms with Crippen LogP contribution in [0, 0.1) is 0 Å². The summed E-state index contributed by atoms with van der Waals surface area (Å²) in [5, 5.41) is 4.65. The van der Waals surface area contributed by atoms with E-state index < -0.39 is 0 Å². The van der Waals surface area contributed by atoms with Crippen LogP contribution in [0.3, 0.4) is 0 Å². The second-order valence-electron chi connectivity index (χ2n) is 2.90. The second-order valence-corrected chi connectivity index (χ2v) is 3.78. The van der Waals surface area contributed by atoms with E-state index in [0.717, 1.165) is 36.0 Å². The minimum atomic E-state index is 0.450.